The number of hydrogen-bond donors (Lipinski definition) is 1. The van der Waals surface area contributed by atoms with Gasteiger partial charge in [0.05, 0.1) is 7.11 Å². The maximum atomic E-state index is 5.42. The van der Waals surface area contributed by atoms with Gasteiger partial charge in [0.1, 0.15) is 5.75 Å². The van der Waals surface area contributed by atoms with Crippen LogP contribution in [0.5, 0.6) is 5.75 Å². The quantitative estimate of drug-likeness (QED) is 0.815. The summed E-state index contributed by atoms with van der Waals surface area (Å²) < 4.78 is 5.42. The molecule has 0 radical (unpaired) electrons. The van der Waals surface area contributed by atoms with Crippen molar-refractivity contribution in [2.45, 2.75) is 26.7 Å². The number of rotatable bonds is 6. The van der Waals surface area contributed by atoms with E-state index in [4.69, 9.17) is 4.74 Å². The Balaban J connectivity index is 1.97. The highest BCUT2D eigenvalue weighted by atomic mass is 16.5. The van der Waals surface area contributed by atoms with Gasteiger partial charge < -0.3 is 10.1 Å². The topological polar surface area (TPSA) is 21.3 Å². The number of para-hydroxylation sites is 1. The second-order valence-corrected chi connectivity index (χ2v) is 5.35. The van der Waals surface area contributed by atoms with E-state index in [0.29, 0.717) is 5.41 Å². The van der Waals surface area contributed by atoms with Gasteiger partial charge in [-0.2, -0.15) is 0 Å². The first-order valence-corrected chi connectivity index (χ1v) is 6.52. The molecular formula is C15H23NO. The minimum atomic E-state index is 0.469. The van der Waals surface area contributed by atoms with Gasteiger partial charge >= 0.3 is 0 Å². The largest absolute Gasteiger partial charge is 0.496 e. The highest BCUT2D eigenvalue weighted by Gasteiger charge is 2.49. The van der Waals surface area contributed by atoms with Crippen molar-refractivity contribution in [3.63, 3.8) is 0 Å². The van der Waals surface area contributed by atoms with Gasteiger partial charge in [-0.05, 0) is 48.9 Å². The summed E-state index contributed by atoms with van der Waals surface area (Å²) in [7, 11) is 1.75. The second kappa shape index (κ2) is 5.09. The summed E-state index contributed by atoms with van der Waals surface area (Å²) >= 11 is 0. The summed E-state index contributed by atoms with van der Waals surface area (Å²) in [6.45, 7) is 6.78. The van der Waals surface area contributed by atoms with Gasteiger partial charge in [0.25, 0.3) is 0 Å². The maximum Gasteiger partial charge on any atom is 0.122 e. The van der Waals surface area contributed by atoms with Gasteiger partial charge in [-0.25, -0.2) is 0 Å². The summed E-state index contributed by atoms with van der Waals surface area (Å²) in [5, 5.41) is 3.45. The van der Waals surface area contributed by atoms with Crippen molar-refractivity contribution in [3.05, 3.63) is 29.8 Å². The first kappa shape index (κ1) is 12.4. The third-order valence-electron chi connectivity index (χ3n) is 3.97. The van der Waals surface area contributed by atoms with Crippen LogP contribution in [0.4, 0.5) is 0 Å². The maximum absolute atomic E-state index is 5.42. The molecule has 1 aliphatic rings. The van der Waals surface area contributed by atoms with Crippen LogP contribution in [0.2, 0.25) is 0 Å². The molecular weight excluding hydrogens is 210 g/mol. The standard InChI is InChI=1S/C15H23NO/c1-4-16-11-13-10-15(13,2)9-12-7-5-6-8-14(12)17-3/h5-8,13,16H,4,9-11H2,1-3H3. The van der Waals surface area contributed by atoms with Crippen molar-refractivity contribution in [2.24, 2.45) is 11.3 Å². The number of ether oxygens (including phenoxy) is 1. The fourth-order valence-corrected chi connectivity index (χ4v) is 2.64. The number of benzene rings is 1. The first-order chi connectivity index (χ1) is 8.19. The van der Waals surface area contributed by atoms with Gasteiger partial charge in [-0.1, -0.05) is 32.0 Å². The van der Waals surface area contributed by atoms with Crippen LogP contribution < -0.4 is 10.1 Å². The van der Waals surface area contributed by atoms with E-state index in [-0.39, 0.29) is 0 Å². The lowest BCUT2D eigenvalue weighted by Gasteiger charge is -2.14. The molecule has 1 fully saturated rings. The smallest absolute Gasteiger partial charge is 0.122 e. The normalized spacial score (nSPS) is 26.9. The molecule has 2 heteroatoms. The Morgan fingerprint density at radius 2 is 2.18 bits per heavy atom. The molecule has 1 aromatic carbocycles. The number of hydrogen-bond acceptors (Lipinski definition) is 2. The van der Waals surface area contributed by atoms with Crippen LogP contribution in [-0.2, 0) is 6.42 Å². The van der Waals surface area contributed by atoms with Crippen molar-refractivity contribution in [1.29, 1.82) is 0 Å². The molecule has 17 heavy (non-hydrogen) atoms. The highest BCUT2D eigenvalue weighted by molar-refractivity contribution is 5.35. The van der Waals surface area contributed by atoms with Crippen LogP contribution >= 0.6 is 0 Å². The summed E-state index contributed by atoms with van der Waals surface area (Å²) in [6, 6.07) is 8.38. The van der Waals surface area contributed by atoms with Crippen LogP contribution in [0.25, 0.3) is 0 Å². The van der Waals surface area contributed by atoms with Gasteiger partial charge in [-0.15, -0.1) is 0 Å². The van der Waals surface area contributed by atoms with Crippen molar-refractivity contribution < 1.29 is 4.74 Å². The minimum Gasteiger partial charge on any atom is -0.496 e. The van der Waals surface area contributed by atoms with Crippen molar-refractivity contribution in [3.8, 4) is 5.75 Å². The van der Waals surface area contributed by atoms with Crippen LogP contribution in [0.15, 0.2) is 24.3 Å². The Labute approximate surface area is 104 Å². The Kier molecular flexibility index (Phi) is 3.72. The Morgan fingerprint density at radius 3 is 2.88 bits per heavy atom. The van der Waals surface area contributed by atoms with Gasteiger partial charge in [0.15, 0.2) is 0 Å². The van der Waals surface area contributed by atoms with E-state index >= 15 is 0 Å². The fraction of sp³-hybridized carbons (Fsp3) is 0.600. The van der Waals surface area contributed by atoms with E-state index in [1.54, 1.807) is 7.11 Å². The summed E-state index contributed by atoms with van der Waals surface area (Å²) in [6.07, 6.45) is 2.46. The van der Waals surface area contributed by atoms with Gasteiger partial charge in [-0.3, -0.25) is 0 Å². The van der Waals surface area contributed by atoms with Gasteiger partial charge in [0.2, 0.25) is 0 Å². The molecule has 2 rings (SSSR count). The molecule has 0 amide bonds. The Hall–Kier alpha value is -1.02. The lowest BCUT2D eigenvalue weighted by atomic mass is 9.95. The molecule has 0 saturated heterocycles. The molecule has 2 nitrogen and oxygen atoms in total. The van der Waals surface area contributed by atoms with Crippen LogP contribution in [0.3, 0.4) is 0 Å². The average Bonchev–Trinajstić information content (AvgIpc) is 2.98. The van der Waals surface area contributed by atoms with E-state index < -0.39 is 0 Å². The number of methoxy groups -OCH3 is 1. The molecule has 0 bridgehead atoms. The molecule has 0 aromatic heterocycles. The molecule has 1 aromatic rings. The number of nitrogens with one attached hydrogen (secondary N) is 1. The van der Waals surface area contributed by atoms with Crippen molar-refractivity contribution >= 4 is 0 Å². The van der Waals surface area contributed by atoms with Crippen LogP contribution in [0.1, 0.15) is 25.8 Å². The molecule has 0 spiro atoms. The predicted octanol–water partition coefficient (Wildman–Crippen LogP) is 2.87. The monoisotopic (exact) mass is 233 g/mol. The SMILES string of the molecule is CCNCC1CC1(C)Cc1ccccc1OC. The van der Waals surface area contributed by atoms with Crippen LogP contribution in [0, 0.1) is 11.3 Å². The third kappa shape index (κ3) is 2.81. The molecule has 94 valence electrons. The van der Waals surface area contributed by atoms with E-state index in [1.807, 2.05) is 6.07 Å². The predicted molar refractivity (Wildman–Crippen MR) is 71.5 cm³/mol. The molecule has 1 saturated carbocycles. The molecule has 1 N–H and O–H groups in total. The van der Waals surface area contributed by atoms with Crippen molar-refractivity contribution in [1.82, 2.24) is 5.32 Å². The van der Waals surface area contributed by atoms with E-state index in [1.165, 1.54) is 12.0 Å². The highest BCUT2D eigenvalue weighted by Crippen LogP contribution is 2.54. The first-order valence-electron chi connectivity index (χ1n) is 6.52. The second-order valence-electron chi connectivity index (χ2n) is 5.35. The lowest BCUT2D eigenvalue weighted by molar-refractivity contribution is 0.399. The van der Waals surface area contributed by atoms with E-state index in [9.17, 15) is 0 Å². The van der Waals surface area contributed by atoms with Crippen LogP contribution in [-0.4, -0.2) is 20.2 Å². The summed E-state index contributed by atoms with van der Waals surface area (Å²) in [5.41, 5.74) is 1.81. The zero-order chi connectivity index (χ0) is 12.3. The summed E-state index contributed by atoms with van der Waals surface area (Å²) in [4.78, 5) is 0. The molecule has 1 aliphatic carbocycles. The average molecular weight is 233 g/mol. The lowest BCUT2D eigenvalue weighted by Crippen LogP contribution is -2.19. The van der Waals surface area contributed by atoms with E-state index in [2.05, 4.69) is 37.4 Å². The summed E-state index contributed by atoms with van der Waals surface area (Å²) in [5.74, 6) is 1.86. The molecule has 2 atom stereocenters. The molecule has 2 unspecified atom stereocenters. The zero-order valence-corrected chi connectivity index (χ0v) is 11.1. The van der Waals surface area contributed by atoms with E-state index in [0.717, 1.165) is 31.2 Å². The fourth-order valence-electron chi connectivity index (χ4n) is 2.64. The molecule has 0 aliphatic heterocycles. The molecule has 0 heterocycles. The van der Waals surface area contributed by atoms with Crippen molar-refractivity contribution in [2.75, 3.05) is 20.2 Å². The van der Waals surface area contributed by atoms with Gasteiger partial charge in [0, 0.05) is 0 Å². The Bertz CT molecular complexity index is 377. The third-order valence-corrected chi connectivity index (χ3v) is 3.97. The minimum absolute atomic E-state index is 0.469. The Morgan fingerprint density at radius 1 is 1.41 bits per heavy atom. The zero-order valence-electron chi connectivity index (χ0n) is 11.1.